The van der Waals surface area contributed by atoms with Crippen molar-refractivity contribution in [3.63, 3.8) is 0 Å². The van der Waals surface area contributed by atoms with Crippen molar-refractivity contribution in [3.05, 3.63) is 118 Å². The molecule has 3 amide bonds. The van der Waals surface area contributed by atoms with Crippen molar-refractivity contribution in [2.45, 2.75) is 26.2 Å². The van der Waals surface area contributed by atoms with E-state index in [4.69, 9.17) is 4.74 Å². The number of rotatable bonds is 6. The van der Waals surface area contributed by atoms with E-state index >= 15 is 4.39 Å². The van der Waals surface area contributed by atoms with E-state index in [0.717, 1.165) is 74.2 Å². The number of pyridine rings is 2. The van der Waals surface area contributed by atoms with E-state index in [1.807, 2.05) is 13.0 Å². The Morgan fingerprint density at radius 2 is 1.64 bits per heavy atom. The predicted molar refractivity (Wildman–Crippen MR) is 195 cm³/mol. The van der Waals surface area contributed by atoms with Gasteiger partial charge in [-0.3, -0.25) is 19.4 Å². The van der Waals surface area contributed by atoms with Crippen LogP contribution in [0.15, 0.2) is 73.1 Å². The van der Waals surface area contributed by atoms with Crippen molar-refractivity contribution in [3.8, 4) is 10.6 Å². The summed E-state index contributed by atoms with van der Waals surface area (Å²) in [6.45, 7) is 5.10. The van der Waals surface area contributed by atoms with Gasteiger partial charge in [0.15, 0.2) is 5.82 Å². The van der Waals surface area contributed by atoms with Gasteiger partial charge in [-0.05, 0) is 86.3 Å². The van der Waals surface area contributed by atoms with Gasteiger partial charge in [0.05, 0.1) is 16.1 Å². The summed E-state index contributed by atoms with van der Waals surface area (Å²) < 4.78 is 49.8. The van der Waals surface area contributed by atoms with Crippen molar-refractivity contribution in [1.82, 2.24) is 9.97 Å². The molecule has 0 radical (unpaired) electrons. The third kappa shape index (κ3) is 6.42. The Bertz CT molecular complexity index is 2250. The van der Waals surface area contributed by atoms with Gasteiger partial charge in [0.2, 0.25) is 0 Å². The second kappa shape index (κ2) is 13.7. The van der Waals surface area contributed by atoms with Crippen LogP contribution in [-0.4, -0.2) is 60.5 Å². The van der Waals surface area contributed by atoms with Crippen molar-refractivity contribution >= 4 is 51.9 Å². The van der Waals surface area contributed by atoms with Crippen LogP contribution in [0.1, 0.15) is 54.4 Å². The first-order chi connectivity index (χ1) is 25.6. The summed E-state index contributed by atoms with van der Waals surface area (Å²) >= 11 is 0.801. The lowest BCUT2D eigenvalue weighted by molar-refractivity contribution is -0.000511. The Kier molecular flexibility index (Phi) is 8.95. The number of anilines is 4. The van der Waals surface area contributed by atoms with Gasteiger partial charge >= 0.3 is 0 Å². The van der Waals surface area contributed by atoms with E-state index in [9.17, 15) is 23.2 Å². The fourth-order valence-electron chi connectivity index (χ4n) is 7.20. The van der Waals surface area contributed by atoms with Crippen molar-refractivity contribution in [2.75, 3.05) is 53.3 Å². The van der Waals surface area contributed by atoms with Gasteiger partial charge in [-0.15, -0.1) is 11.3 Å². The van der Waals surface area contributed by atoms with E-state index in [0.29, 0.717) is 38.9 Å². The lowest BCUT2D eigenvalue weighted by Crippen LogP contribution is -2.59. The minimum absolute atomic E-state index is 0.0496. The SMILES string of the molecule is Cc1cnc(N2CC3(CCOCC3)C2)c(C(=O)Nc2ccc(C(=O)N3CCc4c(sc(C(=O)Nc5c(F)cccc5F)c4F)-c4ncccc43)cc2)c1. The number of nitrogens with one attached hydrogen (secondary N) is 2. The average Bonchev–Trinajstić information content (AvgIpc) is 3.38. The number of aryl methyl sites for hydroxylation is 1. The molecule has 53 heavy (non-hydrogen) atoms. The molecule has 10 nitrogen and oxygen atoms in total. The molecule has 2 aromatic carbocycles. The number of carbonyl (C=O) groups is 3. The first-order valence-electron chi connectivity index (χ1n) is 17.2. The molecule has 14 heteroatoms. The molecular weight excluding hydrogens is 706 g/mol. The summed E-state index contributed by atoms with van der Waals surface area (Å²) in [7, 11) is 0. The molecule has 6 heterocycles. The van der Waals surface area contributed by atoms with Gasteiger partial charge in [-0.25, -0.2) is 18.2 Å². The van der Waals surface area contributed by atoms with Crippen LogP contribution in [0.25, 0.3) is 10.6 Å². The van der Waals surface area contributed by atoms with Crippen LogP contribution in [0.2, 0.25) is 0 Å². The first kappa shape index (κ1) is 34.5. The number of amides is 3. The van der Waals surface area contributed by atoms with Crippen LogP contribution in [0, 0.1) is 29.8 Å². The highest BCUT2D eigenvalue weighted by Gasteiger charge is 2.45. The number of aromatic nitrogens is 2. The lowest BCUT2D eigenvalue weighted by atomic mass is 9.73. The van der Waals surface area contributed by atoms with Gasteiger partial charge in [0.25, 0.3) is 17.7 Å². The number of para-hydroxylation sites is 1. The monoisotopic (exact) mass is 738 g/mol. The summed E-state index contributed by atoms with van der Waals surface area (Å²) in [5.41, 5.74) is 2.57. The van der Waals surface area contributed by atoms with Crippen molar-refractivity contribution < 1.29 is 32.3 Å². The van der Waals surface area contributed by atoms with Crippen LogP contribution < -0.4 is 20.4 Å². The van der Waals surface area contributed by atoms with E-state index in [1.165, 1.54) is 11.1 Å². The molecule has 1 spiro atoms. The van der Waals surface area contributed by atoms with E-state index in [2.05, 4.69) is 25.5 Å². The van der Waals surface area contributed by atoms with Crippen molar-refractivity contribution in [1.29, 1.82) is 0 Å². The molecule has 2 N–H and O–H groups in total. The van der Waals surface area contributed by atoms with E-state index < -0.39 is 29.0 Å². The third-order valence-electron chi connectivity index (χ3n) is 10.0. The van der Waals surface area contributed by atoms with Crippen LogP contribution in [0.5, 0.6) is 0 Å². The maximum absolute atomic E-state index is 15.8. The Morgan fingerprint density at radius 3 is 2.38 bits per heavy atom. The first-order valence-corrected chi connectivity index (χ1v) is 18.0. The molecule has 2 saturated heterocycles. The van der Waals surface area contributed by atoms with Crippen molar-refractivity contribution in [2.24, 2.45) is 5.41 Å². The summed E-state index contributed by atoms with van der Waals surface area (Å²) in [4.78, 5) is 53.3. The molecule has 2 fully saturated rings. The lowest BCUT2D eigenvalue weighted by Gasteiger charge is -2.53. The smallest absolute Gasteiger partial charge is 0.268 e. The second-order valence-electron chi connectivity index (χ2n) is 13.6. The Balaban J connectivity index is 0.991. The molecule has 8 rings (SSSR count). The van der Waals surface area contributed by atoms with Crippen LogP contribution in [0.4, 0.5) is 36.1 Å². The number of benzene rings is 2. The predicted octanol–water partition coefficient (Wildman–Crippen LogP) is 7.26. The number of hydrogen-bond donors (Lipinski definition) is 2. The molecule has 5 aromatic rings. The number of fused-ring (bicyclic) bond motifs is 3. The zero-order valence-electron chi connectivity index (χ0n) is 28.5. The number of hydrogen-bond acceptors (Lipinski definition) is 8. The molecule has 270 valence electrons. The molecular formula is C39H33F3N6O4S. The minimum atomic E-state index is -0.999. The van der Waals surface area contributed by atoms with Gasteiger partial charge in [0, 0.05) is 67.5 Å². The molecule has 3 aliphatic rings. The Morgan fingerprint density at radius 1 is 0.906 bits per heavy atom. The summed E-state index contributed by atoms with van der Waals surface area (Å²) in [6.07, 6.45) is 5.30. The normalized spacial score (nSPS) is 15.9. The van der Waals surface area contributed by atoms with Crippen LogP contribution in [0.3, 0.4) is 0 Å². The van der Waals surface area contributed by atoms with Gasteiger partial charge in [0.1, 0.15) is 33.7 Å². The maximum atomic E-state index is 15.8. The quantitative estimate of drug-likeness (QED) is 0.189. The van der Waals surface area contributed by atoms with E-state index in [-0.39, 0.29) is 40.6 Å². The molecule has 0 atom stereocenters. The van der Waals surface area contributed by atoms with Gasteiger partial charge in [-0.1, -0.05) is 6.07 Å². The number of carbonyl (C=O) groups excluding carboxylic acids is 3. The number of halogens is 3. The zero-order chi connectivity index (χ0) is 36.9. The number of nitrogens with zero attached hydrogens (tertiary/aromatic N) is 4. The topological polar surface area (TPSA) is 117 Å². The second-order valence-corrected chi connectivity index (χ2v) is 14.6. The van der Waals surface area contributed by atoms with Gasteiger partial charge in [-0.2, -0.15) is 0 Å². The molecule has 3 aliphatic heterocycles. The molecule has 3 aromatic heterocycles. The fourth-order valence-corrected chi connectivity index (χ4v) is 8.33. The standard InChI is InChI=1S/C39H33F3N6O4S/c1-22-18-26(35(44-19-22)47-20-39(21-47)12-16-52-17-13-39)36(49)45-24-9-7-23(8-10-24)38(51)48-15-11-25-30(42)34(53-33(25)32-29(48)6-3-14-43-32)37(50)46-31-27(40)4-2-5-28(31)41/h2-10,14,18-19H,11-13,15-17,20-21H2,1H3,(H,45,49)(H,46,50). The summed E-state index contributed by atoms with van der Waals surface area (Å²) in [6, 6.07) is 14.8. The molecule has 0 bridgehead atoms. The fraction of sp³-hybridized carbons (Fsp3) is 0.256. The highest BCUT2D eigenvalue weighted by Crippen LogP contribution is 2.44. The highest BCUT2D eigenvalue weighted by atomic mass is 32.1. The maximum Gasteiger partial charge on any atom is 0.268 e. The zero-order valence-corrected chi connectivity index (χ0v) is 29.4. The molecule has 0 unspecified atom stereocenters. The summed E-state index contributed by atoms with van der Waals surface area (Å²) in [5.74, 6) is -3.85. The Hall–Kier alpha value is -5.60. The van der Waals surface area contributed by atoms with E-state index in [1.54, 1.807) is 42.6 Å². The number of ether oxygens (including phenoxy) is 1. The third-order valence-corrected chi connectivity index (χ3v) is 11.2. The highest BCUT2D eigenvalue weighted by molar-refractivity contribution is 7.17. The van der Waals surface area contributed by atoms with Gasteiger partial charge < -0.3 is 25.2 Å². The molecule has 0 aliphatic carbocycles. The largest absolute Gasteiger partial charge is 0.381 e. The van der Waals surface area contributed by atoms with Crippen LogP contribution >= 0.6 is 11.3 Å². The average molecular weight is 739 g/mol. The summed E-state index contributed by atoms with van der Waals surface area (Å²) in [5, 5.41) is 5.09. The Labute approximate surface area is 306 Å². The number of thiophene rings is 1. The van der Waals surface area contributed by atoms with Crippen LogP contribution in [-0.2, 0) is 11.2 Å². The molecule has 0 saturated carbocycles. The minimum Gasteiger partial charge on any atom is -0.381 e.